The lowest BCUT2D eigenvalue weighted by Crippen LogP contribution is -2.69. The van der Waals surface area contributed by atoms with Crippen LogP contribution in [0.2, 0.25) is 0 Å². The van der Waals surface area contributed by atoms with Crippen LogP contribution in [0.1, 0.15) is 58.3 Å². The predicted octanol–water partition coefficient (Wildman–Crippen LogP) is 2.34. The Labute approximate surface area is 127 Å². The van der Waals surface area contributed by atoms with E-state index < -0.39 is 0 Å². The Morgan fingerprint density at radius 3 is 2.81 bits per heavy atom. The Morgan fingerprint density at radius 2 is 2.05 bits per heavy atom. The lowest BCUT2D eigenvalue weighted by Gasteiger charge is -2.54. The topological polar surface area (TPSA) is 44.7 Å². The molecule has 4 aliphatic rings. The Kier molecular flexibility index (Phi) is 3.14. The second-order valence-electron chi connectivity index (χ2n) is 7.54. The normalized spacial score (nSPS) is 38.6. The summed E-state index contributed by atoms with van der Waals surface area (Å²) in [7, 11) is 0. The first-order chi connectivity index (χ1) is 10.2. The summed E-state index contributed by atoms with van der Waals surface area (Å²) in [6.45, 7) is 5.25. The third-order valence-corrected chi connectivity index (χ3v) is 6.25. The van der Waals surface area contributed by atoms with Gasteiger partial charge in [-0.05, 0) is 45.1 Å². The van der Waals surface area contributed by atoms with Gasteiger partial charge in [0.1, 0.15) is 5.66 Å². The maximum Gasteiger partial charge on any atom is 0.235 e. The van der Waals surface area contributed by atoms with E-state index in [2.05, 4.69) is 17.1 Å². The zero-order chi connectivity index (χ0) is 14.5. The smallest absolute Gasteiger partial charge is 0.235 e. The quantitative estimate of drug-likeness (QED) is 0.805. The number of piperidine rings is 1. The van der Waals surface area contributed by atoms with Crippen LogP contribution < -0.4 is 5.32 Å². The van der Waals surface area contributed by atoms with Gasteiger partial charge in [0.05, 0.1) is 5.41 Å². The molecule has 2 heterocycles. The number of rotatable bonds is 1. The third kappa shape index (κ3) is 1.98. The Bertz CT molecular complexity index is 480. The van der Waals surface area contributed by atoms with Crippen LogP contribution in [0.5, 0.6) is 0 Å². The van der Waals surface area contributed by atoms with Crippen molar-refractivity contribution in [2.24, 2.45) is 16.3 Å². The van der Waals surface area contributed by atoms with E-state index in [0.717, 1.165) is 38.9 Å². The summed E-state index contributed by atoms with van der Waals surface area (Å²) < 4.78 is 0. The first kappa shape index (κ1) is 13.7. The molecule has 2 aliphatic heterocycles. The van der Waals surface area contributed by atoms with Crippen LogP contribution in [0, 0.1) is 11.3 Å². The van der Waals surface area contributed by atoms with E-state index in [1.165, 1.54) is 37.8 Å². The number of aliphatic imine (C=N–C) groups is 1. The van der Waals surface area contributed by atoms with E-state index in [9.17, 15) is 4.79 Å². The predicted molar refractivity (Wildman–Crippen MR) is 83.3 cm³/mol. The van der Waals surface area contributed by atoms with Crippen molar-refractivity contribution in [3.05, 3.63) is 0 Å². The van der Waals surface area contributed by atoms with Gasteiger partial charge in [0.25, 0.3) is 0 Å². The maximum atomic E-state index is 13.1. The Balaban J connectivity index is 1.75. The molecule has 2 atom stereocenters. The molecule has 0 radical (unpaired) electrons. The van der Waals surface area contributed by atoms with E-state index in [4.69, 9.17) is 4.99 Å². The van der Waals surface area contributed by atoms with Crippen LogP contribution in [0.25, 0.3) is 0 Å². The highest BCUT2D eigenvalue weighted by Crippen LogP contribution is 2.47. The van der Waals surface area contributed by atoms with Crippen molar-refractivity contribution >= 4 is 11.6 Å². The van der Waals surface area contributed by atoms with Crippen molar-refractivity contribution in [3.63, 3.8) is 0 Å². The summed E-state index contributed by atoms with van der Waals surface area (Å²) in [4.78, 5) is 20.8. The molecule has 2 bridgehead atoms. The first-order valence-corrected chi connectivity index (χ1v) is 8.83. The van der Waals surface area contributed by atoms with Crippen LogP contribution in [-0.2, 0) is 4.79 Å². The van der Waals surface area contributed by atoms with Crippen LogP contribution in [0.15, 0.2) is 4.99 Å². The molecule has 0 aromatic carbocycles. The molecule has 2 aliphatic carbocycles. The van der Waals surface area contributed by atoms with Gasteiger partial charge in [-0.25, -0.2) is 0 Å². The monoisotopic (exact) mass is 289 g/mol. The molecule has 1 amide bonds. The standard InChI is InChI=1S/C17H27N3O/c1-2-20-11-13-7-6-8-16(12-20)14(13)18-17(19-15(16)21)9-4-3-5-10-17/h13H,2-12H2,1H3,(H,19,21)/t13-,16+/m0/s1. The molecule has 0 unspecified atom stereocenters. The zero-order valence-corrected chi connectivity index (χ0v) is 13.2. The molecule has 2 saturated carbocycles. The summed E-state index contributed by atoms with van der Waals surface area (Å²) >= 11 is 0. The van der Waals surface area contributed by atoms with Gasteiger partial charge in [-0.2, -0.15) is 0 Å². The molecule has 1 spiro atoms. The SMILES string of the molecule is CCN1C[C@@H]2CCC[C@]3(C1)C(=O)NC1(CCCCC1)N=C23. The van der Waals surface area contributed by atoms with E-state index in [1.807, 2.05) is 0 Å². The molecule has 21 heavy (non-hydrogen) atoms. The average Bonchev–Trinajstić information content (AvgIpc) is 2.47. The van der Waals surface area contributed by atoms with Gasteiger partial charge in [0, 0.05) is 24.7 Å². The molecule has 4 rings (SSSR count). The van der Waals surface area contributed by atoms with Gasteiger partial charge >= 0.3 is 0 Å². The summed E-state index contributed by atoms with van der Waals surface area (Å²) in [5.74, 6) is 0.814. The zero-order valence-electron chi connectivity index (χ0n) is 13.2. The number of carbonyl (C=O) groups is 1. The maximum absolute atomic E-state index is 13.1. The van der Waals surface area contributed by atoms with E-state index in [0.29, 0.717) is 5.92 Å². The molecule has 4 nitrogen and oxygen atoms in total. The molecule has 0 aromatic heterocycles. The lowest BCUT2D eigenvalue weighted by molar-refractivity contribution is -0.134. The van der Waals surface area contributed by atoms with E-state index in [1.54, 1.807) is 0 Å². The summed E-state index contributed by atoms with van der Waals surface area (Å²) in [5.41, 5.74) is 0.752. The van der Waals surface area contributed by atoms with E-state index >= 15 is 0 Å². The summed E-state index contributed by atoms with van der Waals surface area (Å²) in [6.07, 6.45) is 9.19. The minimum atomic E-state index is -0.292. The van der Waals surface area contributed by atoms with Crippen molar-refractivity contribution in [3.8, 4) is 0 Å². The fourth-order valence-electron chi connectivity index (χ4n) is 5.11. The van der Waals surface area contributed by atoms with Crippen molar-refractivity contribution in [1.82, 2.24) is 10.2 Å². The molecular formula is C17H27N3O. The van der Waals surface area contributed by atoms with Crippen LogP contribution in [-0.4, -0.2) is 41.8 Å². The van der Waals surface area contributed by atoms with Crippen molar-refractivity contribution < 1.29 is 4.79 Å². The largest absolute Gasteiger partial charge is 0.331 e. The summed E-state index contributed by atoms with van der Waals surface area (Å²) in [5, 5.41) is 3.37. The molecular weight excluding hydrogens is 262 g/mol. The Morgan fingerprint density at radius 1 is 1.24 bits per heavy atom. The number of hydrogen-bond donors (Lipinski definition) is 1. The van der Waals surface area contributed by atoms with Crippen molar-refractivity contribution in [2.75, 3.05) is 19.6 Å². The number of nitrogens with one attached hydrogen (secondary N) is 1. The highest BCUT2D eigenvalue weighted by Gasteiger charge is 2.57. The van der Waals surface area contributed by atoms with E-state index in [-0.39, 0.29) is 17.0 Å². The number of hydrogen-bond acceptors (Lipinski definition) is 3. The van der Waals surface area contributed by atoms with Crippen LogP contribution in [0.4, 0.5) is 0 Å². The van der Waals surface area contributed by atoms with Crippen molar-refractivity contribution in [1.29, 1.82) is 0 Å². The summed E-state index contributed by atoms with van der Waals surface area (Å²) in [6, 6.07) is 0. The number of likely N-dealkylation sites (tertiary alicyclic amines) is 1. The molecule has 3 fully saturated rings. The minimum absolute atomic E-state index is 0.238. The first-order valence-electron chi connectivity index (χ1n) is 8.83. The number of amides is 1. The van der Waals surface area contributed by atoms with Crippen LogP contribution >= 0.6 is 0 Å². The third-order valence-electron chi connectivity index (χ3n) is 6.25. The average molecular weight is 289 g/mol. The van der Waals surface area contributed by atoms with Gasteiger partial charge < -0.3 is 10.2 Å². The second kappa shape index (κ2) is 4.80. The fraction of sp³-hybridized carbons (Fsp3) is 0.882. The van der Waals surface area contributed by atoms with Crippen molar-refractivity contribution in [2.45, 2.75) is 64.0 Å². The molecule has 1 N–H and O–H groups in total. The van der Waals surface area contributed by atoms with Gasteiger partial charge in [-0.3, -0.25) is 9.79 Å². The van der Waals surface area contributed by atoms with Gasteiger partial charge in [-0.1, -0.05) is 19.8 Å². The number of nitrogens with zero attached hydrogens (tertiary/aromatic N) is 2. The van der Waals surface area contributed by atoms with Gasteiger partial charge in [0.2, 0.25) is 5.91 Å². The van der Waals surface area contributed by atoms with Gasteiger partial charge in [-0.15, -0.1) is 0 Å². The second-order valence-corrected chi connectivity index (χ2v) is 7.54. The van der Waals surface area contributed by atoms with Gasteiger partial charge in [0.15, 0.2) is 0 Å². The molecule has 0 aromatic rings. The highest BCUT2D eigenvalue weighted by atomic mass is 16.2. The van der Waals surface area contributed by atoms with Crippen LogP contribution in [0.3, 0.4) is 0 Å². The minimum Gasteiger partial charge on any atom is -0.331 e. The highest BCUT2D eigenvalue weighted by molar-refractivity contribution is 6.12. The fourth-order valence-corrected chi connectivity index (χ4v) is 5.11. The molecule has 4 heteroatoms. The lowest BCUT2D eigenvalue weighted by atomic mass is 9.62. The molecule has 116 valence electrons. The molecule has 1 saturated heterocycles. The number of carbonyl (C=O) groups excluding carboxylic acids is 1. The Hall–Kier alpha value is -0.900.